The summed E-state index contributed by atoms with van der Waals surface area (Å²) >= 11 is 1.59. The van der Waals surface area contributed by atoms with E-state index in [2.05, 4.69) is 5.10 Å². The Bertz CT molecular complexity index is 939. The Morgan fingerprint density at radius 1 is 1.15 bits per heavy atom. The van der Waals surface area contributed by atoms with Gasteiger partial charge in [0.2, 0.25) is 0 Å². The molecule has 0 saturated carbocycles. The smallest absolute Gasteiger partial charge is 0.358 e. The predicted octanol–water partition coefficient (Wildman–Crippen LogP) is 4.72. The first-order valence-electron chi connectivity index (χ1n) is 7.90. The van der Waals surface area contributed by atoms with Crippen LogP contribution in [0.4, 0.5) is 8.78 Å². The van der Waals surface area contributed by atoms with E-state index in [-0.39, 0.29) is 18.0 Å². The van der Waals surface area contributed by atoms with Gasteiger partial charge in [-0.1, -0.05) is 12.1 Å². The maximum atomic E-state index is 14.3. The molecule has 2 aromatic carbocycles. The van der Waals surface area contributed by atoms with Crippen LogP contribution in [0.2, 0.25) is 0 Å². The lowest BCUT2D eigenvalue weighted by molar-refractivity contribution is 0.0519. The molecule has 0 N–H and O–H groups in total. The molecule has 7 heteroatoms. The minimum Gasteiger partial charge on any atom is -0.461 e. The molecule has 0 aliphatic heterocycles. The second-order valence-corrected chi connectivity index (χ2v) is 6.25. The summed E-state index contributed by atoms with van der Waals surface area (Å²) in [5, 5.41) is 4.15. The van der Waals surface area contributed by atoms with Gasteiger partial charge >= 0.3 is 5.97 Å². The van der Waals surface area contributed by atoms with Crippen molar-refractivity contribution in [2.45, 2.75) is 11.8 Å². The van der Waals surface area contributed by atoms with Gasteiger partial charge in [-0.25, -0.2) is 18.3 Å². The number of aromatic nitrogens is 2. The van der Waals surface area contributed by atoms with Gasteiger partial charge in [0.15, 0.2) is 5.69 Å². The highest BCUT2D eigenvalue weighted by molar-refractivity contribution is 7.98. The second kappa shape index (κ2) is 7.70. The van der Waals surface area contributed by atoms with E-state index in [4.69, 9.17) is 4.74 Å². The van der Waals surface area contributed by atoms with E-state index in [1.165, 1.54) is 10.7 Å². The van der Waals surface area contributed by atoms with Crippen molar-refractivity contribution in [3.05, 3.63) is 65.9 Å². The van der Waals surface area contributed by atoms with Gasteiger partial charge in [0.1, 0.15) is 17.3 Å². The fourth-order valence-corrected chi connectivity index (χ4v) is 2.89. The van der Waals surface area contributed by atoms with Crippen LogP contribution in [0.3, 0.4) is 0 Å². The monoisotopic (exact) mass is 374 g/mol. The highest BCUT2D eigenvalue weighted by atomic mass is 32.2. The molecule has 0 spiro atoms. The minimum atomic E-state index is -0.646. The molecule has 0 saturated heterocycles. The first kappa shape index (κ1) is 18.1. The predicted molar refractivity (Wildman–Crippen MR) is 96.7 cm³/mol. The Labute approximate surface area is 153 Å². The Morgan fingerprint density at radius 3 is 2.54 bits per heavy atom. The van der Waals surface area contributed by atoms with Crippen LogP contribution in [0.1, 0.15) is 17.4 Å². The molecule has 0 unspecified atom stereocenters. The normalized spacial score (nSPS) is 10.8. The van der Waals surface area contributed by atoms with Crippen molar-refractivity contribution in [3.8, 4) is 16.9 Å². The number of rotatable bonds is 5. The highest BCUT2D eigenvalue weighted by Crippen LogP contribution is 2.28. The summed E-state index contributed by atoms with van der Waals surface area (Å²) in [5.41, 5.74) is 1.13. The van der Waals surface area contributed by atoms with E-state index in [0.717, 1.165) is 28.7 Å². The van der Waals surface area contributed by atoms with Crippen molar-refractivity contribution in [1.29, 1.82) is 0 Å². The molecule has 1 aromatic heterocycles. The second-order valence-electron chi connectivity index (χ2n) is 5.37. The lowest BCUT2D eigenvalue weighted by Gasteiger charge is -2.09. The average molecular weight is 374 g/mol. The summed E-state index contributed by atoms with van der Waals surface area (Å²) in [6, 6.07) is 12.1. The molecule has 0 amide bonds. The third-order valence-electron chi connectivity index (χ3n) is 3.72. The lowest BCUT2D eigenvalue weighted by Crippen LogP contribution is -2.07. The number of benzene rings is 2. The Balaban J connectivity index is 2.17. The van der Waals surface area contributed by atoms with Gasteiger partial charge in [-0.3, -0.25) is 0 Å². The molecular weight excluding hydrogens is 358 g/mol. The molecule has 0 atom stereocenters. The van der Waals surface area contributed by atoms with E-state index in [1.807, 2.05) is 30.5 Å². The summed E-state index contributed by atoms with van der Waals surface area (Å²) in [7, 11) is 0. The zero-order chi connectivity index (χ0) is 18.7. The first-order valence-corrected chi connectivity index (χ1v) is 9.13. The number of halogens is 2. The molecular formula is C19H16F2N2O2S. The van der Waals surface area contributed by atoms with E-state index in [9.17, 15) is 13.6 Å². The van der Waals surface area contributed by atoms with Gasteiger partial charge in [-0.15, -0.1) is 11.8 Å². The van der Waals surface area contributed by atoms with Crippen molar-refractivity contribution in [2.24, 2.45) is 0 Å². The Kier molecular flexibility index (Phi) is 5.37. The van der Waals surface area contributed by atoms with E-state index in [0.29, 0.717) is 5.69 Å². The number of hydrogen-bond donors (Lipinski definition) is 0. The van der Waals surface area contributed by atoms with Gasteiger partial charge in [0.25, 0.3) is 0 Å². The van der Waals surface area contributed by atoms with Gasteiger partial charge in [-0.2, -0.15) is 5.10 Å². The van der Waals surface area contributed by atoms with Crippen LogP contribution in [0.5, 0.6) is 0 Å². The molecule has 0 bridgehead atoms. The Morgan fingerprint density at radius 2 is 1.88 bits per heavy atom. The SMILES string of the molecule is CCOC(=O)c1cc(-c2ccc(SC)cc2)n(-c2cc(F)ccc2F)n1. The molecule has 3 rings (SSSR count). The van der Waals surface area contributed by atoms with Crippen LogP contribution in [0.15, 0.2) is 53.4 Å². The molecule has 1 heterocycles. The average Bonchev–Trinajstić information content (AvgIpc) is 3.09. The summed E-state index contributed by atoms with van der Waals surface area (Å²) in [4.78, 5) is 13.1. The van der Waals surface area contributed by atoms with Gasteiger partial charge < -0.3 is 4.74 Å². The number of thioether (sulfide) groups is 1. The lowest BCUT2D eigenvalue weighted by atomic mass is 10.1. The first-order chi connectivity index (χ1) is 12.5. The number of carbonyl (C=O) groups is 1. The number of hydrogen-bond acceptors (Lipinski definition) is 4. The minimum absolute atomic E-state index is 0.0273. The van der Waals surface area contributed by atoms with Crippen molar-refractivity contribution >= 4 is 17.7 Å². The molecule has 3 aromatic rings. The molecule has 0 fully saturated rings. The topological polar surface area (TPSA) is 44.1 Å². The quantitative estimate of drug-likeness (QED) is 0.479. The van der Waals surface area contributed by atoms with Gasteiger partial charge in [0.05, 0.1) is 12.3 Å². The summed E-state index contributed by atoms with van der Waals surface area (Å²) < 4.78 is 34.1. The zero-order valence-corrected chi connectivity index (χ0v) is 15.0. The number of carbonyl (C=O) groups excluding carboxylic acids is 1. The van der Waals surface area contributed by atoms with Crippen LogP contribution in [-0.2, 0) is 4.74 Å². The molecule has 134 valence electrons. The Hall–Kier alpha value is -2.67. The van der Waals surface area contributed by atoms with Crippen molar-refractivity contribution in [3.63, 3.8) is 0 Å². The van der Waals surface area contributed by atoms with Crippen LogP contribution in [0, 0.1) is 11.6 Å². The standard InChI is InChI=1S/C19H16F2N2O2S/c1-3-25-19(24)16-11-17(12-4-7-14(26-2)8-5-12)23(22-16)18-10-13(20)6-9-15(18)21/h4-11H,3H2,1-2H3. The molecule has 0 aliphatic rings. The van der Waals surface area contributed by atoms with Crippen molar-refractivity contribution in [1.82, 2.24) is 9.78 Å². The third-order valence-corrected chi connectivity index (χ3v) is 4.46. The maximum Gasteiger partial charge on any atom is 0.358 e. The maximum absolute atomic E-state index is 14.3. The highest BCUT2D eigenvalue weighted by Gasteiger charge is 2.19. The zero-order valence-electron chi connectivity index (χ0n) is 14.2. The van der Waals surface area contributed by atoms with Crippen LogP contribution in [0.25, 0.3) is 16.9 Å². The number of esters is 1. The van der Waals surface area contributed by atoms with Crippen molar-refractivity contribution < 1.29 is 18.3 Å². The fourth-order valence-electron chi connectivity index (χ4n) is 2.49. The molecule has 0 aliphatic carbocycles. The van der Waals surface area contributed by atoms with E-state index in [1.54, 1.807) is 18.7 Å². The van der Waals surface area contributed by atoms with Crippen LogP contribution < -0.4 is 0 Å². The van der Waals surface area contributed by atoms with Crippen LogP contribution in [-0.4, -0.2) is 28.6 Å². The van der Waals surface area contributed by atoms with Crippen LogP contribution >= 0.6 is 11.8 Å². The molecule has 26 heavy (non-hydrogen) atoms. The largest absolute Gasteiger partial charge is 0.461 e. The van der Waals surface area contributed by atoms with E-state index >= 15 is 0 Å². The summed E-state index contributed by atoms with van der Waals surface area (Å²) in [5.74, 6) is -1.87. The molecule has 0 radical (unpaired) electrons. The van der Waals surface area contributed by atoms with Gasteiger partial charge in [-0.05, 0) is 43.5 Å². The fraction of sp³-hybridized carbons (Fsp3) is 0.158. The van der Waals surface area contributed by atoms with E-state index < -0.39 is 17.6 Å². The molecule has 4 nitrogen and oxygen atoms in total. The third kappa shape index (κ3) is 3.62. The summed E-state index contributed by atoms with van der Waals surface area (Å²) in [6.45, 7) is 1.88. The number of ether oxygens (including phenoxy) is 1. The van der Waals surface area contributed by atoms with Crippen molar-refractivity contribution in [2.75, 3.05) is 12.9 Å². The summed E-state index contributed by atoms with van der Waals surface area (Å²) in [6.07, 6.45) is 1.96. The van der Waals surface area contributed by atoms with Gasteiger partial charge in [0, 0.05) is 16.5 Å². The number of nitrogens with zero attached hydrogens (tertiary/aromatic N) is 2.